The smallest absolute Gasteiger partial charge is 0.259 e. The molecule has 1 aromatic carbocycles. The van der Waals surface area contributed by atoms with Gasteiger partial charge in [0.1, 0.15) is 11.6 Å². The lowest BCUT2D eigenvalue weighted by molar-refractivity contribution is 0.0252. The van der Waals surface area contributed by atoms with E-state index in [0.717, 1.165) is 5.75 Å². The third-order valence-corrected chi connectivity index (χ3v) is 6.31. The largest absolute Gasteiger partial charge is 0.497 e. The number of H-pyrrole nitrogens is 1. The maximum absolute atomic E-state index is 12.2. The number of benzene rings is 1. The molecule has 2 aromatic rings. The fourth-order valence-corrected chi connectivity index (χ4v) is 5.00. The number of nitrogens with zero attached hydrogens (tertiary/aromatic N) is 1. The predicted molar refractivity (Wildman–Crippen MR) is 103 cm³/mol. The van der Waals surface area contributed by atoms with E-state index in [-0.39, 0.29) is 11.4 Å². The molecule has 0 amide bonds. The first-order valence-electron chi connectivity index (χ1n) is 9.74. The van der Waals surface area contributed by atoms with Crippen molar-refractivity contribution in [3.05, 3.63) is 51.6 Å². The molecule has 0 saturated heterocycles. The van der Waals surface area contributed by atoms with E-state index in [4.69, 9.17) is 4.74 Å². The summed E-state index contributed by atoms with van der Waals surface area (Å²) in [6.07, 6.45) is 5.05. The number of aromatic nitrogens is 2. The van der Waals surface area contributed by atoms with E-state index in [1.807, 2.05) is 12.1 Å². The molecule has 2 fully saturated rings. The van der Waals surface area contributed by atoms with E-state index in [2.05, 4.69) is 27.4 Å². The third-order valence-electron chi connectivity index (χ3n) is 6.31. The van der Waals surface area contributed by atoms with Crippen LogP contribution in [0.1, 0.15) is 48.6 Å². The van der Waals surface area contributed by atoms with E-state index in [0.29, 0.717) is 41.7 Å². The van der Waals surface area contributed by atoms with Crippen LogP contribution in [0.25, 0.3) is 0 Å². The number of aromatic amines is 1. The Morgan fingerprint density at radius 2 is 1.93 bits per heavy atom. The first kappa shape index (κ1) is 18.0. The van der Waals surface area contributed by atoms with Gasteiger partial charge in [0, 0.05) is 18.5 Å². The van der Waals surface area contributed by atoms with Crippen LogP contribution >= 0.6 is 0 Å². The molecule has 2 aliphatic rings. The van der Waals surface area contributed by atoms with Crippen LogP contribution in [-0.4, -0.2) is 28.2 Å². The highest BCUT2D eigenvalue weighted by Crippen LogP contribution is 2.54. The minimum Gasteiger partial charge on any atom is -0.497 e. The predicted octanol–water partition coefficient (Wildman–Crippen LogP) is 2.85. The maximum atomic E-state index is 12.2. The minimum atomic E-state index is -0.270. The Kier molecular flexibility index (Phi) is 4.91. The Labute approximate surface area is 159 Å². The molecule has 4 atom stereocenters. The number of ether oxygens (including phenoxy) is 1. The first-order chi connectivity index (χ1) is 13.1. The highest BCUT2D eigenvalue weighted by atomic mass is 16.5. The Hall–Kier alpha value is -2.34. The van der Waals surface area contributed by atoms with Crippen LogP contribution in [0.5, 0.6) is 11.6 Å². The van der Waals surface area contributed by atoms with Gasteiger partial charge in [0.15, 0.2) is 0 Å². The second-order valence-electron chi connectivity index (χ2n) is 7.77. The molecule has 1 aromatic heterocycles. The van der Waals surface area contributed by atoms with Gasteiger partial charge in [-0.1, -0.05) is 25.0 Å². The van der Waals surface area contributed by atoms with Crippen LogP contribution in [0, 0.1) is 18.8 Å². The highest BCUT2D eigenvalue weighted by Gasteiger charge is 2.50. The molecule has 144 valence electrons. The quantitative estimate of drug-likeness (QED) is 0.754. The van der Waals surface area contributed by atoms with Gasteiger partial charge in [-0.15, -0.1) is 0 Å². The molecule has 0 aliphatic heterocycles. The number of fused-ring (bicyclic) bond motifs is 1. The Balaban J connectivity index is 1.54. The van der Waals surface area contributed by atoms with Crippen LogP contribution in [0.4, 0.5) is 0 Å². The molecule has 3 N–H and O–H groups in total. The number of methoxy groups -OCH3 is 1. The fraction of sp³-hybridized carbons (Fsp3) is 0.524. The second kappa shape index (κ2) is 7.35. The summed E-state index contributed by atoms with van der Waals surface area (Å²) in [5, 5.41) is 13.6. The van der Waals surface area contributed by atoms with Crippen molar-refractivity contribution in [2.75, 3.05) is 7.11 Å². The van der Waals surface area contributed by atoms with Crippen LogP contribution in [0.15, 0.2) is 29.1 Å². The summed E-state index contributed by atoms with van der Waals surface area (Å²) in [7, 11) is 1.68. The number of rotatable bonds is 5. The second-order valence-corrected chi connectivity index (χ2v) is 7.77. The zero-order valence-electron chi connectivity index (χ0n) is 15.9. The Bertz CT molecular complexity index is 862. The molecule has 0 spiro atoms. The monoisotopic (exact) mass is 369 g/mol. The molecule has 6 nitrogen and oxygen atoms in total. The summed E-state index contributed by atoms with van der Waals surface area (Å²) >= 11 is 0. The average molecular weight is 369 g/mol. The van der Waals surface area contributed by atoms with Crippen LogP contribution < -0.4 is 15.6 Å². The van der Waals surface area contributed by atoms with Crippen LogP contribution in [0.3, 0.4) is 0 Å². The number of hydrogen-bond donors (Lipinski definition) is 3. The summed E-state index contributed by atoms with van der Waals surface area (Å²) in [6, 6.07) is 8.65. The molecule has 4 rings (SSSR count). The van der Waals surface area contributed by atoms with Gasteiger partial charge >= 0.3 is 0 Å². The Morgan fingerprint density at radius 3 is 2.59 bits per heavy atom. The minimum absolute atomic E-state index is 0.177. The van der Waals surface area contributed by atoms with Crippen molar-refractivity contribution in [1.29, 1.82) is 0 Å². The van der Waals surface area contributed by atoms with Crippen molar-refractivity contribution in [1.82, 2.24) is 15.3 Å². The lowest BCUT2D eigenvalue weighted by Crippen LogP contribution is -2.57. The number of aryl methyl sites for hydroxylation is 1. The molecule has 6 heteroatoms. The summed E-state index contributed by atoms with van der Waals surface area (Å²) in [4.78, 5) is 18.8. The van der Waals surface area contributed by atoms with Gasteiger partial charge in [-0.2, -0.15) is 0 Å². The van der Waals surface area contributed by atoms with Crippen molar-refractivity contribution < 1.29 is 9.84 Å². The zero-order valence-corrected chi connectivity index (χ0v) is 15.9. The van der Waals surface area contributed by atoms with Gasteiger partial charge in [-0.05, 0) is 49.3 Å². The SMILES string of the molecule is COc1ccc([C@H]2[C@H]3CCCC[C@H]3[C@@H]2NCc2c(O)nc(C)[nH]c2=O)cc1. The van der Waals surface area contributed by atoms with Crippen molar-refractivity contribution in [3.63, 3.8) is 0 Å². The van der Waals surface area contributed by atoms with E-state index in [1.165, 1.54) is 31.2 Å². The van der Waals surface area contributed by atoms with Crippen molar-refractivity contribution in [2.24, 2.45) is 11.8 Å². The lowest BCUT2D eigenvalue weighted by atomic mass is 9.53. The maximum Gasteiger partial charge on any atom is 0.259 e. The average Bonchev–Trinajstić information content (AvgIpc) is 2.65. The van der Waals surface area contributed by atoms with E-state index >= 15 is 0 Å². The Morgan fingerprint density at radius 1 is 1.22 bits per heavy atom. The number of hydrogen-bond acceptors (Lipinski definition) is 5. The summed E-state index contributed by atoms with van der Waals surface area (Å²) in [6.45, 7) is 1.99. The van der Waals surface area contributed by atoms with Gasteiger partial charge in [0.2, 0.25) is 5.88 Å². The van der Waals surface area contributed by atoms with Crippen molar-refractivity contribution >= 4 is 0 Å². The summed E-state index contributed by atoms with van der Waals surface area (Å²) < 4.78 is 5.29. The lowest BCUT2D eigenvalue weighted by Gasteiger charge is -2.55. The highest BCUT2D eigenvalue weighted by molar-refractivity contribution is 5.34. The standard InChI is InChI=1S/C21H27N3O3/c1-12-23-20(25)17(21(26)24-12)11-22-19-16-6-4-3-5-15(16)18(19)13-7-9-14(27-2)10-8-13/h7-10,15-16,18-19,22H,3-6,11H2,1-2H3,(H2,23,24,25,26)/t15-,16+,18-,19-/m0/s1. The fourth-order valence-electron chi connectivity index (χ4n) is 5.00. The normalized spacial score (nSPS) is 26.9. The molecule has 0 unspecified atom stereocenters. The molecule has 0 bridgehead atoms. The zero-order chi connectivity index (χ0) is 19.0. The molecule has 0 radical (unpaired) electrons. The molecular formula is C21H27N3O3. The van der Waals surface area contributed by atoms with E-state index in [1.54, 1.807) is 14.0 Å². The van der Waals surface area contributed by atoms with Crippen LogP contribution in [-0.2, 0) is 6.54 Å². The molecular weight excluding hydrogens is 342 g/mol. The first-order valence-corrected chi connectivity index (χ1v) is 9.74. The van der Waals surface area contributed by atoms with Crippen LogP contribution in [0.2, 0.25) is 0 Å². The van der Waals surface area contributed by atoms with E-state index < -0.39 is 0 Å². The number of aromatic hydroxyl groups is 1. The van der Waals surface area contributed by atoms with Gasteiger partial charge in [-0.3, -0.25) is 4.79 Å². The summed E-state index contributed by atoms with van der Waals surface area (Å²) in [5.74, 6) is 2.86. The van der Waals surface area contributed by atoms with E-state index in [9.17, 15) is 9.90 Å². The third kappa shape index (κ3) is 3.34. The van der Waals surface area contributed by atoms with Crippen molar-refractivity contribution in [3.8, 4) is 11.6 Å². The van der Waals surface area contributed by atoms with Gasteiger partial charge in [0.25, 0.3) is 5.56 Å². The van der Waals surface area contributed by atoms with Gasteiger partial charge < -0.3 is 20.1 Å². The van der Waals surface area contributed by atoms with Gasteiger partial charge in [0.05, 0.1) is 12.7 Å². The molecule has 2 aliphatic carbocycles. The van der Waals surface area contributed by atoms with Crippen molar-refractivity contribution in [2.45, 2.75) is 51.1 Å². The van der Waals surface area contributed by atoms with Gasteiger partial charge in [-0.25, -0.2) is 4.98 Å². The molecule has 2 saturated carbocycles. The molecule has 1 heterocycles. The summed E-state index contributed by atoms with van der Waals surface area (Å²) in [5.41, 5.74) is 1.36. The molecule has 27 heavy (non-hydrogen) atoms. The topological polar surface area (TPSA) is 87.2 Å². The number of nitrogens with one attached hydrogen (secondary N) is 2.